The molecule has 1 aromatic carbocycles. The van der Waals surface area contributed by atoms with Gasteiger partial charge in [-0.15, -0.1) is 23.5 Å². The highest BCUT2D eigenvalue weighted by Gasteiger charge is 2.32. The third-order valence-electron chi connectivity index (χ3n) is 4.77. The Morgan fingerprint density at radius 1 is 1.12 bits per heavy atom. The second-order valence-corrected chi connectivity index (χ2v) is 8.91. The Bertz CT molecular complexity index is 529. The highest BCUT2D eigenvalue weighted by Crippen LogP contribution is 2.39. The molecule has 1 aromatic rings. The molecule has 24 heavy (non-hydrogen) atoms. The van der Waals surface area contributed by atoms with E-state index in [0.29, 0.717) is 11.7 Å². The first-order valence-corrected chi connectivity index (χ1v) is 11.2. The number of nitrogens with zero attached hydrogens (tertiary/aromatic N) is 2. The van der Waals surface area contributed by atoms with Gasteiger partial charge < -0.3 is 9.80 Å². The molecule has 0 spiro atoms. The van der Waals surface area contributed by atoms with E-state index < -0.39 is 0 Å². The van der Waals surface area contributed by atoms with Crippen LogP contribution in [-0.4, -0.2) is 53.4 Å². The Hall–Kier alpha value is -0.650. The molecule has 0 aromatic heterocycles. The van der Waals surface area contributed by atoms with Gasteiger partial charge in [0.15, 0.2) is 0 Å². The fourth-order valence-electron chi connectivity index (χ4n) is 3.49. The summed E-state index contributed by atoms with van der Waals surface area (Å²) in [5, 5.41) is 0.213. The number of unbranched alkanes of at least 4 members (excludes halogenated alkanes) is 1. The van der Waals surface area contributed by atoms with E-state index in [0.717, 1.165) is 18.7 Å². The van der Waals surface area contributed by atoms with E-state index in [1.807, 2.05) is 11.8 Å². The van der Waals surface area contributed by atoms with Gasteiger partial charge in [-0.2, -0.15) is 0 Å². The Labute approximate surface area is 154 Å². The Balaban J connectivity index is 1.51. The number of benzene rings is 1. The zero-order valence-electron chi connectivity index (χ0n) is 14.6. The van der Waals surface area contributed by atoms with Crippen molar-refractivity contribution in [3.63, 3.8) is 0 Å². The number of carbonyl (C=O) groups excluding carboxylic acids is 1. The molecule has 2 fully saturated rings. The molecule has 132 valence electrons. The first-order valence-electron chi connectivity index (χ1n) is 9.14. The van der Waals surface area contributed by atoms with Gasteiger partial charge in [0.05, 0.1) is 5.75 Å². The van der Waals surface area contributed by atoms with Crippen LogP contribution in [0.2, 0.25) is 0 Å². The van der Waals surface area contributed by atoms with Crippen LogP contribution in [0, 0.1) is 0 Å². The summed E-state index contributed by atoms with van der Waals surface area (Å²) < 4.78 is 0. The van der Waals surface area contributed by atoms with Crippen LogP contribution in [0.15, 0.2) is 29.2 Å². The lowest BCUT2D eigenvalue weighted by molar-refractivity contribution is -0.128. The third-order valence-corrected chi connectivity index (χ3v) is 6.92. The Kier molecular flexibility index (Phi) is 6.93. The van der Waals surface area contributed by atoms with Crippen molar-refractivity contribution < 1.29 is 4.79 Å². The highest BCUT2D eigenvalue weighted by atomic mass is 32.2. The average Bonchev–Trinajstić information content (AvgIpc) is 3.23. The van der Waals surface area contributed by atoms with E-state index in [-0.39, 0.29) is 5.37 Å². The van der Waals surface area contributed by atoms with E-state index >= 15 is 0 Å². The number of carbonyl (C=O) groups is 1. The molecule has 2 aliphatic heterocycles. The van der Waals surface area contributed by atoms with Gasteiger partial charge in [0, 0.05) is 11.4 Å². The average molecular weight is 365 g/mol. The topological polar surface area (TPSA) is 23.6 Å². The van der Waals surface area contributed by atoms with Crippen molar-refractivity contribution >= 4 is 29.4 Å². The van der Waals surface area contributed by atoms with E-state index in [4.69, 9.17) is 0 Å². The van der Waals surface area contributed by atoms with Gasteiger partial charge in [0.1, 0.15) is 5.37 Å². The van der Waals surface area contributed by atoms with Gasteiger partial charge in [-0.05, 0) is 68.8 Å². The molecule has 0 radical (unpaired) electrons. The number of hydrogen-bond acceptors (Lipinski definition) is 4. The molecule has 0 aliphatic carbocycles. The van der Waals surface area contributed by atoms with E-state index in [2.05, 4.69) is 41.0 Å². The van der Waals surface area contributed by atoms with Crippen molar-refractivity contribution in [3.05, 3.63) is 29.8 Å². The number of rotatable bonds is 8. The molecule has 3 rings (SSSR count). The molecule has 2 aliphatic rings. The predicted molar refractivity (Wildman–Crippen MR) is 105 cm³/mol. The molecule has 2 saturated heterocycles. The molecule has 0 bridgehead atoms. The molecule has 1 amide bonds. The molecule has 0 N–H and O–H groups in total. The molecule has 0 saturated carbocycles. The van der Waals surface area contributed by atoms with Crippen LogP contribution >= 0.6 is 23.5 Å². The summed E-state index contributed by atoms with van der Waals surface area (Å²) in [4.78, 5) is 18.2. The SMILES string of the molecule is CCSc1ccc(C2SCC(=O)N2CCCCN2CCCC2)cc1. The van der Waals surface area contributed by atoms with Crippen LogP contribution in [-0.2, 0) is 4.79 Å². The summed E-state index contributed by atoms with van der Waals surface area (Å²) >= 11 is 3.64. The fourth-order valence-corrected chi connectivity index (χ4v) is 5.37. The normalized spacial score (nSPS) is 21.8. The van der Waals surface area contributed by atoms with Crippen molar-refractivity contribution in [2.75, 3.05) is 37.7 Å². The van der Waals surface area contributed by atoms with Crippen molar-refractivity contribution in [1.29, 1.82) is 0 Å². The molecule has 1 atom stereocenters. The summed E-state index contributed by atoms with van der Waals surface area (Å²) in [5.41, 5.74) is 1.27. The smallest absolute Gasteiger partial charge is 0.233 e. The largest absolute Gasteiger partial charge is 0.326 e. The number of hydrogen-bond donors (Lipinski definition) is 0. The monoisotopic (exact) mass is 364 g/mol. The number of likely N-dealkylation sites (tertiary alicyclic amines) is 1. The van der Waals surface area contributed by atoms with Gasteiger partial charge in [0.2, 0.25) is 5.91 Å². The van der Waals surface area contributed by atoms with Crippen LogP contribution in [0.3, 0.4) is 0 Å². The standard InChI is InChI=1S/C19H28N2OS2/c1-2-23-17-9-7-16(8-10-17)19-21(18(22)15-24-19)14-6-5-13-20-11-3-4-12-20/h7-10,19H,2-6,11-15H2,1H3. The second kappa shape index (κ2) is 9.16. The summed E-state index contributed by atoms with van der Waals surface area (Å²) in [5.74, 6) is 2.03. The van der Waals surface area contributed by atoms with E-state index in [1.165, 1.54) is 49.4 Å². The summed E-state index contributed by atoms with van der Waals surface area (Å²) in [6.07, 6.45) is 5.03. The summed E-state index contributed by atoms with van der Waals surface area (Å²) in [6, 6.07) is 8.79. The Morgan fingerprint density at radius 2 is 1.83 bits per heavy atom. The zero-order valence-corrected chi connectivity index (χ0v) is 16.2. The van der Waals surface area contributed by atoms with Crippen LogP contribution in [0.4, 0.5) is 0 Å². The first-order chi connectivity index (χ1) is 11.8. The number of amides is 1. The second-order valence-electron chi connectivity index (χ2n) is 6.51. The van der Waals surface area contributed by atoms with Gasteiger partial charge in [-0.1, -0.05) is 19.1 Å². The lowest BCUT2D eigenvalue weighted by atomic mass is 10.2. The minimum absolute atomic E-state index is 0.213. The van der Waals surface area contributed by atoms with Crippen molar-refractivity contribution in [2.24, 2.45) is 0 Å². The van der Waals surface area contributed by atoms with Crippen molar-refractivity contribution in [2.45, 2.75) is 42.9 Å². The van der Waals surface area contributed by atoms with Crippen LogP contribution < -0.4 is 0 Å². The Morgan fingerprint density at radius 3 is 2.54 bits per heavy atom. The van der Waals surface area contributed by atoms with Gasteiger partial charge >= 0.3 is 0 Å². The zero-order chi connectivity index (χ0) is 16.8. The minimum atomic E-state index is 0.213. The maximum Gasteiger partial charge on any atom is 0.233 e. The number of thioether (sulfide) groups is 2. The fraction of sp³-hybridized carbons (Fsp3) is 0.632. The maximum absolute atomic E-state index is 12.3. The van der Waals surface area contributed by atoms with E-state index in [9.17, 15) is 4.79 Å². The molecular weight excluding hydrogens is 336 g/mol. The molecular formula is C19H28N2OS2. The first kappa shape index (κ1) is 18.2. The quantitative estimate of drug-likeness (QED) is 0.508. The van der Waals surface area contributed by atoms with Gasteiger partial charge in [0.25, 0.3) is 0 Å². The highest BCUT2D eigenvalue weighted by molar-refractivity contribution is 8.00. The van der Waals surface area contributed by atoms with Crippen LogP contribution in [0.5, 0.6) is 0 Å². The van der Waals surface area contributed by atoms with Crippen molar-refractivity contribution in [3.8, 4) is 0 Å². The van der Waals surface area contributed by atoms with Crippen molar-refractivity contribution in [1.82, 2.24) is 9.80 Å². The predicted octanol–water partition coefficient (Wildman–Crippen LogP) is 4.25. The maximum atomic E-state index is 12.3. The lowest BCUT2D eigenvalue weighted by Crippen LogP contribution is -2.30. The lowest BCUT2D eigenvalue weighted by Gasteiger charge is -2.25. The summed E-state index contributed by atoms with van der Waals surface area (Å²) in [7, 11) is 0. The van der Waals surface area contributed by atoms with Crippen LogP contribution in [0.25, 0.3) is 0 Å². The van der Waals surface area contributed by atoms with Gasteiger partial charge in [-0.25, -0.2) is 0 Å². The molecule has 2 heterocycles. The van der Waals surface area contributed by atoms with Gasteiger partial charge in [-0.3, -0.25) is 4.79 Å². The minimum Gasteiger partial charge on any atom is -0.326 e. The molecule has 5 heteroatoms. The third kappa shape index (κ3) is 4.70. The molecule has 1 unspecified atom stereocenters. The summed E-state index contributed by atoms with van der Waals surface area (Å²) in [6.45, 7) is 6.80. The molecule has 3 nitrogen and oxygen atoms in total. The van der Waals surface area contributed by atoms with Crippen LogP contribution in [0.1, 0.15) is 43.5 Å². The van der Waals surface area contributed by atoms with E-state index in [1.54, 1.807) is 11.8 Å².